The topological polar surface area (TPSA) is 117 Å². The molecule has 186 valence electrons. The number of hydrogen-bond acceptors (Lipinski definition) is 7. The number of rotatable bonds is 7. The zero-order chi connectivity index (χ0) is 25.5. The minimum Gasteiger partial charge on any atom is -0.420 e. The number of benzene rings is 2. The summed E-state index contributed by atoms with van der Waals surface area (Å²) in [5.41, 5.74) is 8.89. The summed E-state index contributed by atoms with van der Waals surface area (Å²) < 4.78 is 9.56. The largest absolute Gasteiger partial charge is 0.420 e. The second-order valence-electron chi connectivity index (χ2n) is 9.24. The Morgan fingerprint density at radius 3 is 2.73 bits per heavy atom. The van der Waals surface area contributed by atoms with Crippen LogP contribution in [0.5, 0.6) is 0 Å². The number of nitrogens with two attached hydrogens (primary N) is 1. The van der Waals surface area contributed by atoms with Crippen molar-refractivity contribution in [3.8, 4) is 17.1 Å². The number of halogens is 1. The van der Waals surface area contributed by atoms with Crippen molar-refractivity contribution in [1.29, 1.82) is 0 Å². The molecule has 1 aliphatic rings. The summed E-state index contributed by atoms with van der Waals surface area (Å²) in [6.45, 7) is 2.60. The van der Waals surface area contributed by atoms with Crippen LogP contribution in [0.25, 0.3) is 28.0 Å². The van der Waals surface area contributed by atoms with Crippen molar-refractivity contribution < 1.29 is 8.98 Å². The van der Waals surface area contributed by atoms with E-state index in [1.807, 2.05) is 47.9 Å². The summed E-state index contributed by atoms with van der Waals surface area (Å²) in [5.74, 6) is 2.43. The van der Waals surface area contributed by atoms with Crippen LogP contribution in [0.2, 0.25) is 5.02 Å². The van der Waals surface area contributed by atoms with Gasteiger partial charge in [0.25, 0.3) is 23.6 Å². The fourth-order valence-corrected chi connectivity index (χ4v) is 4.84. The fourth-order valence-electron chi connectivity index (χ4n) is 4.59. The van der Waals surface area contributed by atoms with Crippen LogP contribution in [0.4, 0.5) is 5.82 Å². The molecule has 5 aromatic rings. The standard InChI is InChI=1S/C27H24ClN7O2/c1-16-22(26-33-32-25(37-26)17-12-13-17)24(29)30-15-34(16)14-6-11-21-31-20-10-5-9-19(28)23(20)27(36)35(21)18-7-3-2-4-8-18/h2-5,7-10,15,17,29H,6,11-14H2,1H3/p+1. The van der Waals surface area contributed by atoms with E-state index in [0.29, 0.717) is 70.2 Å². The third-order valence-corrected chi connectivity index (χ3v) is 7.01. The maximum absolute atomic E-state index is 13.5. The fraction of sp³-hybridized carbons (Fsp3) is 0.259. The normalized spacial score (nSPS) is 13.4. The number of nitrogens with zero attached hydrogens (tertiary/aromatic N) is 6. The van der Waals surface area contributed by atoms with Gasteiger partial charge in [-0.15, -0.1) is 10.2 Å². The van der Waals surface area contributed by atoms with Gasteiger partial charge in [-0.25, -0.2) is 9.55 Å². The molecule has 0 unspecified atom stereocenters. The van der Waals surface area contributed by atoms with E-state index in [1.54, 1.807) is 23.0 Å². The highest BCUT2D eigenvalue weighted by Crippen LogP contribution is 2.40. The van der Waals surface area contributed by atoms with Gasteiger partial charge in [0.1, 0.15) is 17.1 Å². The molecule has 9 nitrogen and oxygen atoms in total. The van der Waals surface area contributed by atoms with Gasteiger partial charge in [-0.3, -0.25) is 9.36 Å². The Morgan fingerprint density at radius 1 is 1.14 bits per heavy atom. The first-order chi connectivity index (χ1) is 18.0. The van der Waals surface area contributed by atoms with Crippen LogP contribution in [0.3, 0.4) is 0 Å². The molecule has 37 heavy (non-hydrogen) atoms. The maximum atomic E-state index is 13.5. The van der Waals surface area contributed by atoms with Crippen molar-refractivity contribution in [3.63, 3.8) is 0 Å². The minimum absolute atomic E-state index is 0.181. The lowest BCUT2D eigenvalue weighted by Gasteiger charge is -2.14. The second-order valence-corrected chi connectivity index (χ2v) is 9.65. The summed E-state index contributed by atoms with van der Waals surface area (Å²) >= 11 is 6.39. The van der Waals surface area contributed by atoms with Gasteiger partial charge < -0.3 is 10.2 Å². The summed E-state index contributed by atoms with van der Waals surface area (Å²) in [4.78, 5) is 22.7. The summed E-state index contributed by atoms with van der Waals surface area (Å²) in [5, 5.41) is 9.22. The van der Waals surface area contributed by atoms with Gasteiger partial charge in [-0.1, -0.05) is 35.9 Å². The molecule has 2 N–H and O–H groups in total. The van der Waals surface area contributed by atoms with Crippen LogP contribution in [0, 0.1) is 6.92 Å². The first-order valence-corrected chi connectivity index (χ1v) is 12.6. The van der Waals surface area contributed by atoms with E-state index in [0.717, 1.165) is 24.2 Å². The third-order valence-electron chi connectivity index (χ3n) is 6.70. The molecule has 0 radical (unpaired) electrons. The van der Waals surface area contributed by atoms with Gasteiger partial charge in [0.2, 0.25) is 5.89 Å². The van der Waals surface area contributed by atoms with E-state index in [-0.39, 0.29) is 5.56 Å². The minimum atomic E-state index is -0.181. The SMILES string of the molecule is Cc1c(-c2nnc(C3CC3)o2)c(N)nc[n+]1CCCc1nc2cccc(Cl)c2c(=O)n1-c1ccccc1. The quantitative estimate of drug-likeness (QED) is 0.324. The van der Waals surface area contributed by atoms with Gasteiger partial charge in [0, 0.05) is 12.3 Å². The number of hydrogen-bond donors (Lipinski definition) is 1. The van der Waals surface area contributed by atoms with Gasteiger partial charge in [0.15, 0.2) is 0 Å². The molecule has 0 bridgehead atoms. The van der Waals surface area contributed by atoms with Gasteiger partial charge in [0.05, 0.1) is 28.2 Å². The van der Waals surface area contributed by atoms with Crippen molar-refractivity contribution in [3.05, 3.63) is 87.6 Å². The van der Waals surface area contributed by atoms with Gasteiger partial charge in [-0.05, 0) is 55.4 Å². The molecular weight excluding hydrogens is 490 g/mol. The third kappa shape index (κ3) is 4.35. The Morgan fingerprint density at radius 2 is 1.95 bits per heavy atom. The van der Waals surface area contributed by atoms with Crippen LogP contribution in [0.1, 0.15) is 42.6 Å². The van der Waals surface area contributed by atoms with Crippen molar-refractivity contribution in [2.75, 3.05) is 5.73 Å². The van der Waals surface area contributed by atoms with E-state index in [2.05, 4.69) is 15.2 Å². The summed E-state index contributed by atoms with van der Waals surface area (Å²) in [6.07, 6.45) is 5.13. The Hall–Kier alpha value is -4.11. The molecule has 0 saturated heterocycles. The predicted octanol–water partition coefficient (Wildman–Crippen LogP) is 4.17. The molecule has 0 atom stereocenters. The average molecular weight is 515 g/mol. The molecule has 1 fully saturated rings. The molecular formula is C27H25ClN7O2+. The molecule has 0 aliphatic heterocycles. The number of aryl methyl sites for hydroxylation is 2. The lowest BCUT2D eigenvalue weighted by molar-refractivity contribution is -0.705. The molecule has 3 aromatic heterocycles. The van der Waals surface area contributed by atoms with Crippen molar-refractivity contribution in [2.24, 2.45) is 0 Å². The highest BCUT2D eigenvalue weighted by Gasteiger charge is 2.31. The monoisotopic (exact) mass is 514 g/mol. The Kier molecular flexibility index (Phi) is 5.92. The lowest BCUT2D eigenvalue weighted by atomic mass is 10.2. The Balaban J connectivity index is 1.31. The van der Waals surface area contributed by atoms with E-state index >= 15 is 0 Å². The molecule has 2 aromatic carbocycles. The summed E-state index contributed by atoms with van der Waals surface area (Å²) in [6, 6.07) is 14.8. The molecule has 0 amide bonds. The maximum Gasteiger partial charge on any atom is 0.289 e. The van der Waals surface area contributed by atoms with E-state index in [1.165, 1.54) is 0 Å². The Labute approximate surface area is 217 Å². The van der Waals surface area contributed by atoms with E-state index in [9.17, 15) is 4.79 Å². The van der Waals surface area contributed by atoms with Crippen LogP contribution >= 0.6 is 11.6 Å². The first kappa shape index (κ1) is 23.3. The summed E-state index contributed by atoms with van der Waals surface area (Å²) in [7, 11) is 0. The number of aromatic nitrogens is 6. The average Bonchev–Trinajstić information content (AvgIpc) is 3.63. The zero-order valence-corrected chi connectivity index (χ0v) is 21.0. The predicted molar refractivity (Wildman–Crippen MR) is 140 cm³/mol. The smallest absolute Gasteiger partial charge is 0.289 e. The molecule has 1 aliphatic carbocycles. The van der Waals surface area contributed by atoms with Crippen molar-refractivity contribution in [1.82, 2.24) is 24.7 Å². The highest BCUT2D eigenvalue weighted by molar-refractivity contribution is 6.35. The molecule has 10 heteroatoms. The molecule has 0 spiro atoms. The van der Waals surface area contributed by atoms with Crippen LogP contribution in [-0.2, 0) is 13.0 Å². The van der Waals surface area contributed by atoms with Crippen LogP contribution < -0.4 is 15.9 Å². The molecule has 1 saturated carbocycles. The van der Waals surface area contributed by atoms with Crippen LogP contribution in [-0.4, -0.2) is 24.7 Å². The second kappa shape index (κ2) is 9.40. The van der Waals surface area contributed by atoms with Gasteiger partial charge >= 0.3 is 0 Å². The van der Waals surface area contributed by atoms with Crippen LogP contribution in [0.15, 0.2) is 64.1 Å². The highest BCUT2D eigenvalue weighted by atomic mass is 35.5. The van der Waals surface area contributed by atoms with E-state index < -0.39 is 0 Å². The first-order valence-electron chi connectivity index (χ1n) is 12.2. The van der Waals surface area contributed by atoms with Crippen molar-refractivity contribution >= 4 is 28.3 Å². The number of fused-ring (bicyclic) bond motifs is 1. The number of nitrogen functional groups attached to an aromatic ring is 1. The zero-order valence-electron chi connectivity index (χ0n) is 20.3. The number of para-hydroxylation sites is 1. The molecule has 6 rings (SSSR count). The number of anilines is 1. The lowest BCUT2D eigenvalue weighted by Crippen LogP contribution is -2.39. The molecule has 3 heterocycles. The van der Waals surface area contributed by atoms with E-state index in [4.69, 9.17) is 26.7 Å². The van der Waals surface area contributed by atoms with Crippen molar-refractivity contribution in [2.45, 2.75) is 45.1 Å². The Bertz CT molecular complexity index is 1680. The van der Waals surface area contributed by atoms with Gasteiger partial charge in [-0.2, -0.15) is 0 Å².